The second-order valence-corrected chi connectivity index (χ2v) is 28.8. The van der Waals surface area contributed by atoms with Crippen LogP contribution in [0.3, 0.4) is 0 Å². The van der Waals surface area contributed by atoms with Crippen LogP contribution in [0.15, 0.2) is 12.2 Å². The highest BCUT2D eigenvalue weighted by Gasteiger charge is 2.18. The number of rotatable bonds is 79. The molecule has 0 radical (unpaired) electrons. The lowest BCUT2D eigenvalue weighted by Gasteiger charge is -2.20. The van der Waals surface area contributed by atoms with E-state index in [9.17, 15) is 19.8 Å². The maximum absolute atomic E-state index is 12.5. The second kappa shape index (κ2) is 79.0. The van der Waals surface area contributed by atoms with Gasteiger partial charge >= 0.3 is 5.97 Å². The number of allylic oxidation sites excluding steroid dienone is 1. The van der Waals surface area contributed by atoms with Crippen LogP contribution in [0, 0.1) is 0 Å². The van der Waals surface area contributed by atoms with Gasteiger partial charge in [0.05, 0.1) is 25.4 Å². The SMILES string of the molecule is CCCCCCCCCCCCCCCCCCCC/C=C/C(O)C(CO)NC(=O)CCCCCCCCCCCCCCCCCCCCCCCCCCCCCCCCCCCOC(=O)CCCCCCCCCCCCCCCCCCCCC. The Hall–Kier alpha value is -1.40. The van der Waals surface area contributed by atoms with E-state index in [1.54, 1.807) is 6.08 Å². The van der Waals surface area contributed by atoms with Crippen molar-refractivity contribution in [2.45, 2.75) is 495 Å². The molecule has 2 atom stereocenters. The van der Waals surface area contributed by atoms with E-state index < -0.39 is 12.1 Å². The summed E-state index contributed by atoms with van der Waals surface area (Å²) in [6.07, 6.45) is 101. The summed E-state index contributed by atoms with van der Waals surface area (Å²) in [4.78, 5) is 24.7. The monoisotopic (exact) mass is 1250 g/mol. The minimum atomic E-state index is -0.841. The fourth-order valence-electron chi connectivity index (χ4n) is 13.5. The van der Waals surface area contributed by atoms with Crippen molar-refractivity contribution < 1.29 is 24.5 Å². The third kappa shape index (κ3) is 75.5. The van der Waals surface area contributed by atoms with Crippen molar-refractivity contribution in [3.05, 3.63) is 12.2 Å². The molecule has 0 aromatic rings. The first-order chi connectivity index (χ1) is 44.0. The largest absolute Gasteiger partial charge is 0.466 e. The molecule has 0 saturated carbocycles. The molecule has 0 fully saturated rings. The summed E-state index contributed by atoms with van der Waals surface area (Å²) in [5, 5.41) is 23.3. The molecule has 3 N–H and O–H groups in total. The molecule has 0 aliphatic heterocycles. The van der Waals surface area contributed by atoms with E-state index in [0.29, 0.717) is 19.4 Å². The lowest BCUT2D eigenvalue weighted by Crippen LogP contribution is -2.45. The number of carbonyl (C=O) groups is 2. The number of esters is 1. The highest BCUT2D eigenvalue weighted by molar-refractivity contribution is 5.76. The molecule has 6 heteroatoms. The quantitative estimate of drug-likeness (QED) is 0.0320. The van der Waals surface area contributed by atoms with Crippen LogP contribution >= 0.6 is 0 Å². The summed E-state index contributed by atoms with van der Waals surface area (Å²) < 4.78 is 5.53. The van der Waals surface area contributed by atoms with Crippen LogP contribution in [0.25, 0.3) is 0 Å². The third-order valence-corrected chi connectivity index (χ3v) is 19.8. The summed E-state index contributed by atoms with van der Waals surface area (Å²) in [7, 11) is 0. The van der Waals surface area contributed by atoms with E-state index in [-0.39, 0.29) is 18.5 Å². The van der Waals surface area contributed by atoms with Crippen molar-refractivity contribution in [2.75, 3.05) is 13.2 Å². The van der Waals surface area contributed by atoms with Gasteiger partial charge in [-0.25, -0.2) is 0 Å². The number of aliphatic hydroxyl groups excluding tert-OH is 2. The lowest BCUT2D eigenvalue weighted by atomic mass is 10.0. The van der Waals surface area contributed by atoms with Crippen LogP contribution in [-0.2, 0) is 14.3 Å². The van der Waals surface area contributed by atoms with Crippen LogP contribution in [0.4, 0.5) is 0 Å². The Morgan fingerprint density at radius 1 is 0.303 bits per heavy atom. The fraction of sp³-hybridized carbons (Fsp3) is 0.952. The van der Waals surface area contributed by atoms with Gasteiger partial charge in [-0.15, -0.1) is 0 Å². The first-order valence-corrected chi connectivity index (χ1v) is 41.5. The predicted molar refractivity (Wildman–Crippen MR) is 394 cm³/mol. The number of amides is 1. The molecule has 89 heavy (non-hydrogen) atoms. The van der Waals surface area contributed by atoms with Crippen molar-refractivity contribution in [1.29, 1.82) is 0 Å². The molecule has 0 aliphatic rings. The average Bonchev–Trinajstić information content (AvgIpc) is 3.62. The van der Waals surface area contributed by atoms with Crippen LogP contribution < -0.4 is 5.32 Å². The third-order valence-electron chi connectivity index (χ3n) is 19.8. The van der Waals surface area contributed by atoms with Gasteiger partial charge in [0.25, 0.3) is 0 Å². The molecule has 6 nitrogen and oxygen atoms in total. The molecule has 0 aliphatic carbocycles. The molecule has 0 rings (SSSR count). The summed E-state index contributed by atoms with van der Waals surface area (Å²) in [6.45, 7) is 4.97. The Morgan fingerprint density at radius 2 is 0.517 bits per heavy atom. The standard InChI is InChI=1S/C83H163NO5/c1-3-5-7-9-11-13-15-17-19-21-23-40-43-47-51-55-59-63-67-71-75-81(86)80(79-85)84-82(87)76-72-68-64-60-56-52-48-44-41-37-35-33-31-29-27-25-24-26-28-30-32-34-36-38-42-46-50-54-58-62-66-70-74-78-89-83(88)77-73-69-65-61-57-53-49-45-39-22-20-18-16-14-12-10-8-6-4-2/h71,75,80-81,85-86H,3-70,72-74,76-79H2,1-2H3,(H,84,87)/b75-71+. The van der Waals surface area contributed by atoms with Gasteiger partial charge in [-0.1, -0.05) is 450 Å². The number of hydrogen-bond acceptors (Lipinski definition) is 5. The molecule has 0 aromatic heterocycles. The van der Waals surface area contributed by atoms with Gasteiger partial charge in [-0.3, -0.25) is 9.59 Å². The van der Waals surface area contributed by atoms with Crippen LogP contribution in [0.1, 0.15) is 483 Å². The van der Waals surface area contributed by atoms with Gasteiger partial charge in [0.15, 0.2) is 0 Å². The molecule has 0 saturated heterocycles. The maximum atomic E-state index is 12.5. The van der Waals surface area contributed by atoms with Gasteiger partial charge < -0.3 is 20.3 Å². The zero-order valence-corrected chi connectivity index (χ0v) is 61.0. The highest BCUT2D eigenvalue weighted by atomic mass is 16.5. The van der Waals surface area contributed by atoms with Crippen molar-refractivity contribution in [3.8, 4) is 0 Å². The summed E-state index contributed by atoms with van der Waals surface area (Å²) in [5.41, 5.74) is 0. The Bertz CT molecular complexity index is 1350. The van der Waals surface area contributed by atoms with Crippen molar-refractivity contribution >= 4 is 11.9 Å². The highest BCUT2D eigenvalue weighted by Crippen LogP contribution is 2.21. The predicted octanol–water partition coefficient (Wildman–Crippen LogP) is 27.4. The lowest BCUT2D eigenvalue weighted by molar-refractivity contribution is -0.143. The van der Waals surface area contributed by atoms with E-state index in [4.69, 9.17) is 4.74 Å². The van der Waals surface area contributed by atoms with Gasteiger partial charge in [0, 0.05) is 12.8 Å². The van der Waals surface area contributed by atoms with E-state index in [2.05, 4.69) is 19.2 Å². The smallest absolute Gasteiger partial charge is 0.305 e. The van der Waals surface area contributed by atoms with Gasteiger partial charge in [-0.2, -0.15) is 0 Å². The van der Waals surface area contributed by atoms with Gasteiger partial charge in [0.2, 0.25) is 5.91 Å². The van der Waals surface area contributed by atoms with Crippen LogP contribution in [0.2, 0.25) is 0 Å². The van der Waals surface area contributed by atoms with E-state index >= 15 is 0 Å². The molecule has 1 amide bonds. The molecule has 530 valence electrons. The normalized spacial score (nSPS) is 12.4. The minimum Gasteiger partial charge on any atom is -0.466 e. The van der Waals surface area contributed by atoms with E-state index in [1.807, 2.05) is 6.08 Å². The number of ether oxygens (including phenoxy) is 1. The summed E-state index contributed by atoms with van der Waals surface area (Å²) in [6, 6.07) is -0.624. The average molecular weight is 1260 g/mol. The minimum absolute atomic E-state index is 0.0277. The van der Waals surface area contributed by atoms with Crippen LogP contribution in [0.5, 0.6) is 0 Å². The molecule has 0 spiro atoms. The molecular formula is C83H163NO5. The number of hydrogen-bond donors (Lipinski definition) is 3. The Kier molecular flexibility index (Phi) is 77.8. The molecule has 0 bridgehead atoms. The van der Waals surface area contributed by atoms with E-state index in [1.165, 1.54) is 417 Å². The van der Waals surface area contributed by atoms with Crippen molar-refractivity contribution in [2.24, 2.45) is 0 Å². The zero-order valence-electron chi connectivity index (χ0n) is 61.0. The van der Waals surface area contributed by atoms with Gasteiger partial charge in [-0.05, 0) is 32.1 Å². The van der Waals surface area contributed by atoms with Crippen molar-refractivity contribution in [3.63, 3.8) is 0 Å². The maximum Gasteiger partial charge on any atom is 0.305 e. The van der Waals surface area contributed by atoms with Crippen LogP contribution in [-0.4, -0.2) is 47.4 Å². The first kappa shape index (κ1) is 87.6. The number of nitrogens with one attached hydrogen (secondary N) is 1. The topological polar surface area (TPSA) is 95.9 Å². The molecule has 0 heterocycles. The van der Waals surface area contributed by atoms with Crippen molar-refractivity contribution in [1.82, 2.24) is 5.32 Å². The summed E-state index contributed by atoms with van der Waals surface area (Å²) in [5.74, 6) is -0.0303. The number of carbonyl (C=O) groups excluding carboxylic acids is 2. The Labute approximate surface area is 559 Å². The first-order valence-electron chi connectivity index (χ1n) is 41.5. The zero-order chi connectivity index (χ0) is 64.2. The molecule has 2 unspecified atom stereocenters. The molecule has 0 aromatic carbocycles. The Balaban J connectivity index is 3.32. The second-order valence-electron chi connectivity index (χ2n) is 28.8. The number of unbranched alkanes of at least 4 members (excludes halogenated alkanes) is 68. The molecular weight excluding hydrogens is 1090 g/mol. The summed E-state index contributed by atoms with van der Waals surface area (Å²) >= 11 is 0. The fourth-order valence-corrected chi connectivity index (χ4v) is 13.5. The van der Waals surface area contributed by atoms with Gasteiger partial charge in [0.1, 0.15) is 0 Å². The Morgan fingerprint density at radius 3 is 0.764 bits per heavy atom. The van der Waals surface area contributed by atoms with E-state index in [0.717, 1.165) is 38.5 Å². The number of aliphatic hydroxyl groups is 2.